The predicted octanol–water partition coefficient (Wildman–Crippen LogP) is 1.75. The van der Waals surface area contributed by atoms with E-state index >= 15 is 0 Å². The molecule has 0 radical (unpaired) electrons. The topological polar surface area (TPSA) is 24.3 Å². The summed E-state index contributed by atoms with van der Waals surface area (Å²) in [6, 6.07) is 0.656. The first-order chi connectivity index (χ1) is 9.01. The second-order valence-corrected chi connectivity index (χ2v) is 6.17. The van der Waals surface area contributed by atoms with Gasteiger partial charge in [-0.3, -0.25) is 9.58 Å². The Labute approximate surface area is 117 Å². The Bertz CT molecular complexity index is 410. The Hall–Kier alpha value is -0.870. The van der Waals surface area contributed by atoms with Crippen LogP contribution < -0.4 is 0 Å². The molecule has 1 aromatic heterocycles. The van der Waals surface area contributed by atoms with Crippen molar-refractivity contribution in [2.45, 2.75) is 39.8 Å². The number of likely N-dealkylation sites (N-methyl/N-ethyl adjacent to an activating group) is 1. The highest BCUT2D eigenvalue weighted by Crippen LogP contribution is 2.20. The van der Waals surface area contributed by atoms with Crippen LogP contribution >= 0.6 is 0 Å². The molecule has 0 aromatic carbocycles. The van der Waals surface area contributed by atoms with E-state index in [9.17, 15) is 0 Å². The van der Waals surface area contributed by atoms with Crippen LogP contribution in [-0.4, -0.2) is 52.3 Å². The van der Waals surface area contributed by atoms with Crippen LogP contribution in [0.3, 0.4) is 0 Å². The van der Waals surface area contributed by atoms with Crippen LogP contribution in [0, 0.1) is 5.92 Å². The van der Waals surface area contributed by atoms with Crippen molar-refractivity contribution in [2.24, 2.45) is 13.0 Å². The number of hydrogen-bond donors (Lipinski definition) is 0. The average Bonchev–Trinajstić information content (AvgIpc) is 2.71. The minimum atomic E-state index is 0.656. The summed E-state index contributed by atoms with van der Waals surface area (Å²) in [7, 11) is 4.25. The van der Waals surface area contributed by atoms with Gasteiger partial charge in [-0.2, -0.15) is 5.10 Å². The zero-order valence-corrected chi connectivity index (χ0v) is 13.1. The number of piperazine rings is 1. The largest absolute Gasteiger partial charge is 0.304 e. The molecule has 0 aliphatic carbocycles. The number of rotatable bonds is 4. The van der Waals surface area contributed by atoms with E-state index in [0.29, 0.717) is 12.0 Å². The van der Waals surface area contributed by atoms with Gasteiger partial charge in [0.25, 0.3) is 0 Å². The Balaban J connectivity index is 2.11. The van der Waals surface area contributed by atoms with Crippen LogP contribution in [0.25, 0.3) is 0 Å². The van der Waals surface area contributed by atoms with Gasteiger partial charge >= 0.3 is 0 Å². The number of nitrogens with zero attached hydrogens (tertiary/aromatic N) is 4. The van der Waals surface area contributed by atoms with Gasteiger partial charge in [-0.05, 0) is 19.4 Å². The molecule has 4 heteroatoms. The van der Waals surface area contributed by atoms with Crippen LogP contribution in [0.2, 0.25) is 0 Å². The van der Waals surface area contributed by atoms with Crippen molar-refractivity contribution < 1.29 is 0 Å². The number of hydrogen-bond acceptors (Lipinski definition) is 3. The van der Waals surface area contributed by atoms with Gasteiger partial charge in [0.15, 0.2) is 0 Å². The van der Waals surface area contributed by atoms with E-state index in [1.807, 2.05) is 11.7 Å². The normalized spacial score (nSPS) is 22.3. The molecule has 2 rings (SSSR count). The molecule has 108 valence electrons. The highest BCUT2D eigenvalue weighted by Gasteiger charge is 2.28. The Morgan fingerprint density at radius 2 is 2.05 bits per heavy atom. The molecule has 0 saturated carbocycles. The predicted molar refractivity (Wildman–Crippen MR) is 79.1 cm³/mol. The van der Waals surface area contributed by atoms with Crippen molar-refractivity contribution in [3.63, 3.8) is 0 Å². The molecule has 0 spiro atoms. The molecule has 19 heavy (non-hydrogen) atoms. The van der Waals surface area contributed by atoms with Gasteiger partial charge in [0.2, 0.25) is 0 Å². The maximum absolute atomic E-state index is 4.56. The van der Waals surface area contributed by atoms with E-state index in [0.717, 1.165) is 19.5 Å². The minimum Gasteiger partial charge on any atom is -0.304 e. The molecule has 1 atom stereocenters. The summed E-state index contributed by atoms with van der Waals surface area (Å²) in [5, 5.41) is 4.56. The molecule has 1 saturated heterocycles. The van der Waals surface area contributed by atoms with E-state index in [-0.39, 0.29) is 0 Å². The molecule has 1 fully saturated rings. The van der Waals surface area contributed by atoms with Gasteiger partial charge in [-0.1, -0.05) is 20.8 Å². The first kappa shape index (κ1) is 14.5. The first-order valence-corrected chi connectivity index (χ1v) is 7.45. The lowest BCUT2D eigenvalue weighted by Crippen LogP contribution is -2.53. The van der Waals surface area contributed by atoms with Crippen molar-refractivity contribution in [3.8, 4) is 0 Å². The summed E-state index contributed by atoms with van der Waals surface area (Å²) in [6.07, 6.45) is 3.21. The third-order valence-corrected chi connectivity index (χ3v) is 4.21. The lowest BCUT2D eigenvalue weighted by atomic mass is 9.99. The smallest absolute Gasteiger partial charge is 0.0666 e. The van der Waals surface area contributed by atoms with Gasteiger partial charge in [-0.15, -0.1) is 0 Å². The summed E-state index contributed by atoms with van der Waals surface area (Å²) in [5.41, 5.74) is 2.66. The van der Waals surface area contributed by atoms with Gasteiger partial charge in [-0.25, -0.2) is 0 Å². The van der Waals surface area contributed by atoms with Crippen LogP contribution in [0.5, 0.6) is 0 Å². The van der Waals surface area contributed by atoms with Gasteiger partial charge < -0.3 is 4.90 Å². The van der Waals surface area contributed by atoms with E-state index < -0.39 is 0 Å². The lowest BCUT2D eigenvalue weighted by Gasteiger charge is -2.42. The SMILES string of the molecule is CCc1nn(C)cc1CN1CCN(C)C[C@@H]1C(C)C. The van der Waals surface area contributed by atoms with E-state index in [2.05, 4.69) is 48.9 Å². The molecule has 0 unspecified atom stereocenters. The van der Waals surface area contributed by atoms with E-state index in [1.165, 1.54) is 24.3 Å². The molecule has 0 amide bonds. The van der Waals surface area contributed by atoms with E-state index in [4.69, 9.17) is 0 Å². The third-order valence-electron chi connectivity index (χ3n) is 4.21. The number of aromatic nitrogens is 2. The van der Waals surface area contributed by atoms with Crippen molar-refractivity contribution in [3.05, 3.63) is 17.5 Å². The lowest BCUT2D eigenvalue weighted by molar-refractivity contribution is 0.0569. The summed E-state index contributed by atoms with van der Waals surface area (Å²) < 4.78 is 1.95. The molecular weight excluding hydrogens is 236 g/mol. The minimum absolute atomic E-state index is 0.656. The fraction of sp³-hybridized carbons (Fsp3) is 0.800. The molecule has 0 bridgehead atoms. The number of aryl methyl sites for hydroxylation is 2. The maximum atomic E-state index is 4.56. The van der Waals surface area contributed by atoms with Gasteiger partial charge in [0.1, 0.15) is 0 Å². The molecule has 1 aliphatic rings. The van der Waals surface area contributed by atoms with Crippen molar-refractivity contribution >= 4 is 0 Å². The van der Waals surface area contributed by atoms with Gasteiger partial charge in [0.05, 0.1) is 5.69 Å². The second kappa shape index (κ2) is 6.06. The fourth-order valence-corrected chi connectivity index (χ4v) is 3.05. The van der Waals surface area contributed by atoms with Crippen LogP contribution in [0.15, 0.2) is 6.20 Å². The van der Waals surface area contributed by atoms with Crippen LogP contribution in [-0.2, 0) is 20.0 Å². The molecule has 2 heterocycles. The average molecular weight is 264 g/mol. The second-order valence-electron chi connectivity index (χ2n) is 6.17. The summed E-state index contributed by atoms with van der Waals surface area (Å²) in [4.78, 5) is 5.09. The van der Waals surface area contributed by atoms with Crippen molar-refractivity contribution in [1.29, 1.82) is 0 Å². The summed E-state index contributed by atoms with van der Waals surface area (Å²) in [6.45, 7) is 11.4. The molecule has 1 aliphatic heterocycles. The van der Waals surface area contributed by atoms with Crippen LogP contribution in [0.1, 0.15) is 32.0 Å². The maximum Gasteiger partial charge on any atom is 0.0666 e. The van der Waals surface area contributed by atoms with Crippen molar-refractivity contribution in [1.82, 2.24) is 19.6 Å². The zero-order chi connectivity index (χ0) is 14.0. The quantitative estimate of drug-likeness (QED) is 0.828. The Kier molecular flexibility index (Phi) is 4.63. The Morgan fingerprint density at radius 1 is 1.32 bits per heavy atom. The van der Waals surface area contributed by atoms with Crippen molar-refractivity contribution in [2.75, 3.05) is 26.7 Å². The van der Waals surface area contributed by atoms with Gasteiger partial charge in [0, 0.05) is 51.0 Å². The molecule has 4 nitrogen and oxygen atoms in total. The highest BCUT2D eigenvalue weighted by molar-refractivity contribution is 5.17. The van der Waals surface area contributed by atoms with E-state index in [1.54, 1.807) is 0 Å². The molecule has 1 aromatic rings. The third kappa shape index (κ3) is 3.37. The first-order valence-electron chi connectivity index (χ1n) is 7.45. The fourth-order valence-electron chi connectivity index (χ4n) is 3.05. The molecular formula is C15H28N4. The summed E-state index contributed by atoms with van der Waals surface area (Å²) >= 11 is 0. The van der Waals surface area contributed by atoms with Crippen LogP contribution in [0.4, 0.5) is 0 Å². The standard InChI is InChI=1S/C15H28N4/c1-6-14-13(9-18(5)16-14)10-19-8-7-17(4)11-15(19)12(2)3/h9,12,15H,6-8,10-11H2,1-5H3/t15-/m1/s1. The molecule has 0 N–H and O–H groups in total. The Morgan fingerprint density at radius 3 is 2.68 bits per heavy atom. The zero-order valence-electron chi connectivity index (χ0n) is 13.1. The highest BCUT2D eigenvalue weighted by atomic mass is 15.3. The monoisotopic (exact) mass is 264 g/mol. The summed E-state index contributed by atoms with van der Waals surface area (Å²) in [5.74, 6) is 0.699.